The van der Waals surface area contributed by atoms with Crippen molar-refractivity contribution in [2.24, 2.45) is 5.73 Å². The van der Waals surface area contributed by atoms with Crippen LogP contribution in [0.5, 0.6) is 0 Å². The summed E-state index contributed by atoms with van der Waals surface area (Å²) in [4.78, 5) is 18.2. The summed E-state index contributed by atoms with van der Waals surface area (Å²) in [7, 11) is 2.13. The average Bonchev–Trinajstić information content (AvgIpc) is 2.92. The molecule has 0 radical (unpaired) electrons. The van der Waals surface area contributed by atoms with Gasteiger partial charge in [-0.05, 0) is 57.0 Å². The monoisotopic (exact) mass is 290 g/mol. The minimum Gasteiger partial charge on any atom is -0.368 e. The summed E-state index contributed by atoms with van der Waals surface area (Å²) < 4.78 is 0. The van der Waals surface area contributed by atoms with Crippen LogP contribution in [0.2, 0.25) is 0 Å². The van der Waals surface area contributed by atoms with Gasteiger partial charge in [-0.2, -0.15) is 0 Å². The Labute approximate surface area is 126 Å². The number of hydrogen-bond donors (Lipinski definition) is 2. The van der Waals surface area contributed by atoms with E-state index in [0.717, 1.165) is 38.8 Å². The van der Waals surface area contributed by atoms with Gasteiger partial charge in [-0.15, -0.1) is 0 Å². The molecule has 0 aliphatic heterocycles. The highest BCUT2D eigenvalue weighted by Gasteiger charge is 2.44. The molecule has 1 aliphatic carbocycles. The fraction of sp³-hybridized carbons (Fsp3) is 0.625. The van der Waals surface area contributed by atoms with Gasteiger partial charge in [-0.1, -0.05) is 6.92 Å². The molecule has 3 N–H and O–H groups in total. The molecule has 1 aromatic heterocycles. The highest BCUT2D eigenvalue weighted by Crippen LogP contribution is 2.32. The largest absolute Gasteiger partial charge is 0.368 e. The average molecular weight is 290 g/mol. The number of nitrogens with two attached hydrogens (primary N) is 1. The molecule has 2 unspecified atom stereocenters. The second-order valence-electron chi connectivity index (χ2n) is 5.96. The number of nitrogens with one attached hydrogen (secondary N) is 1. The van der Waals surface area contributed by atoms with Crippen molar-refractivity contribution in [3.8, 4) is 0 Å². The van der Waals surface area contributed by atoms with Gasteiger partial charge < -0.3 is 16.0 Å². The highest BCUT2D eigenvalue weighted by molar-refractivity contribution is 5.85. The first kappa shape index (κ1) is 15.9. The minimum absolute atomic E-state index is 0.214. The van der Waals surface area contributed by atoms with Gasteiger partial charge in [0, 0.05) is 25.0 Å². The van der Waals surface area contributed by atoms with Crippen molar-refractivity contribution >= 4 is 5.91 Å². The summed E-state index contributed by atoms with van der Waals surface area (Å²) in [5.74, 6) is -0.214. The minimum atomic E-state index is -0.510. The first-order valence-corrected chi connectivity index (χ1v) is 7.71. The molecule has 0 aromatic carbocycles. The van der Waals surface area contributed by atoms with Crippen LogP contribution in [0.25, 0.3) is 0 Å². The number of aromatic nitrogens is 1. The third kappa shape index (κ3) is 3.80. The Hall–Kier alpha value is -1.46. The first-order chi connectivity index (χ1) is 10.1. The standard InChI is InChI=1S/C16H26N4O/c1-3-19-16(15(17)21)8-4-14(12-16)20(2)11-7-13-5-9-18-10-6-13/h5-6,9-10,14,19H,3-4,7-8,11-12H2,1-2H3,(H2,17,21). The smallest absolute Gasteiger partial charge is 0.237 e. The summed E-state index contributed by atoms with van der Waals surface area (Å²) >= 11 is 0. The number of pyridine rings is 1. The van der Waals surface area contributed by atoms with Crippen LogP contribution >= 0.6 is 0 Å². The molecule has 0 saturated heterocycles. The molecule has 5 heteroatoms. The van der Waals surface area contributed by atoms with Crippen LogP contribution in [0.1, 0.15) is 31.7 Å². The van der Waals surface area contributed by atoms with Crippen LogP contribution in [0, 0.1) is 0 Å². The van der Waals surface area contributed by atoms with E-state index in [1.165, 1.54) is 5.56 Å². The Morgan fingerprint density at radius 1 is 1.52 bits per heavy atom. The quantitative estimate of drug-likeness (QED) is 0.784. The third-order valence-corrected chi connectivity index (χ3v) is 4.60. The molecule has 0 bridgehead atoms. The van der Waals surface area contributed by atoms with Crippen molar-refractivity contribution in [1.82, 2.24) is 15.2 Å². The lowest BCUT2D eigenvalue weighted by Crippen LogP contribution is -2.54. The molecule has 21 heavy (non-hydrogen) atoms. The Morgan fingerprint density at radius 2 is 2.24 bits per heavy atom. The lowest BCUT2D eigenvalue weighted by Gasteiger charge is -2.29. The van der Waals surface area contributed by atoms with Crippen LogP contribution in [-0.4, -0.2) is 47.5 Å². The molecule has 1 saturated carbocycles. The maximum Gasteiger partial charge on any atom is 0.237 e. The first-order valence-electron chi connectivity index (χ1n) is 7.71. The van der Waals surface area contributed by atoms with E-state index in [-0.39, 0.29) is 5.91 Å². The molecule has 1 fully saturated rings. The number of primary amides is 1. The normalized spacial score (nSPS) is 25.4. The second kappa shape index (κ2) is 7.00. The van der Waals surface area contributed by atoms with Crippen LogP contribution in [0.15, 0.2) is 24.5 Å². The molecule has 1 aromatic rings. The zero-order valence-corrected chi connectivity index (χ0v) is 13.0. The van der Waals surface area contributed by atoms with E-state index in [4.69, 9.17) is 5.73 Å². The molecular weight excluding hydrogens is 264 g/mol. The number of carbonyl (C=O) groups excluding carboxylic acids is 1. The van der Waals surface area contributed by atoms with Crippen molar-refractivity contribution in [3.05, 3.63) is 30.1 Å². The maximum absolute atomic E-state index is 11.8. The summed E-state index contributed by atoms with van der Waals surface area (Å²) in [6, 6.07) is 4.52. The van der Waals surface area contributed by atoms with Crippen molar-refractivity contribution < 1.29 is 4.79 Å². The SMILES string of the molecule is CCNC1(C(N)=O)CCC(N(C)CCc2ccncc2)C1. The van der Waals surface area contributed by atoms with E-state index in [2.05, 4.69) is 34.4 Å². The molecule has 1 amide bonds. The van der Waals surface area contributed by atoms with Gasteiger partial charge in [0.25, 0.3) is 0 Å². The second-order valence-corrected chi connectivity index (χ2v) is 5.96. The lowest BCUT2D eigenvalue weighted by molar-refractivity contribution is -0.124. The van der Waals surface area contributed by atoms with E-state index >= 15 is 0 Å². The van der Waals surface area contributed by atoms with Gasteiger partial charge >= 0.3 is 0 Å². The molecular formula is C16H26N4O. The number of likely N-dealkylation sites (N-methyl/N-ethyl adjacent to an activating group) is 2. The van der Waals surface area contributed by atoms with Gasteiger partial charge in [0.1, 0.15) is 0 Å². The van der Waals surface area contributed by atoms with E-state index in [1.54, 1.807) is 0 Å². The number of nitrogens with zero attached hydrogens (tertiary/aromatic N) is 2. The highest BCUT2D eigenvalue weighted by atomic mass is 16.1. The van der Waals surface area contributed by atoms with Crippen molar-refractivity contribution in [2.45, 2.75) is 44.2 Å². The molecule has 2 atom stereocenters. The molecule has 5 nitrogen and oxygen atoms in total. The lowest BCUT2D eigenvalue weighted by atomic mass is 9.96. The molecule has 1 heterocycles. The summed E-state index contributed by atoms with van der Waals surface area (Å²) in [5.41, 5.74) is 6.40. The molecule has 1 aliphatic rings. The van der Waals surface area contributed by atoms with Gasteiger partial charge in [-0.3, -0.25) is 9.78 Å². The Kier molecular flexibility index (Phi) is 5.31. The van der Waals surface area contributed by atoms with Crippen molar-refractivity contribution in [3.63, 3.8) is 0 Å². The van der Waals surface area contributed by atoms with E-state index in [1.807, 2.05) is 19.3 Å². The van der Waals surface area contributed by atoms with Crippen LogP contribution in [-0.2, 0) is 11.2 Å². The van der Waals surface area contributed by atoms with Gasteiger partial charge in [0.15, 0.2) is 0 Å². The topological polar surface area (TPSA) is 71.2 Å². The summed E-state index contributed by atoms with van der Waals surface area (Å²) in [6.07, 6.45) is 7.31. The zero-order valence-electron chi connectivity index (χ0n) is 13.0. The van der Waals surface area contributed by atoms with Crippen molar-refractivity contribution in [1.29, 1.82) is 0 Å². The molecule has 2 rings (SSSR count). The fourth-order valence-electron chi connectivity index (χ4n) is 3.24. The van der Waals surface area contributed by atoms with E-state index < -0.39 is 5.54 Å². The Balaban J connectivity index is 1.89. The van der Waals surface area contributed by atoms with Gasteiger partial charge in [0.2, 0.25) is 5.91 Å². The summed E-state index contributed by atoms with van der Waals surface area (Å²) in [5, 5.41) is 3.31. The van der Waals surface area contributed by atoms with Crippen LogP contribution in [0.4, 0.5) is 0 Å². The predicted octanol–water partition coefficient (Wildman–Crippen LogP) is 0.942. The number of amides is 1. The third-order valence-electron chi connectivity index (χ3n) is 4.60. The fourth-order valence-corrected chi connectivity index (χ4v) is 3.24. The van der Waals surface area contributed by atoms with Gasteiger partial charge in [0.05, 0.1) is 5.54 Å². The summed E-state index contributed by atoms with van der Waals surface area (Å²) in [6.45, 7) is 3.78. The number of rotatable bonds is 7. The molecule has 0 spiro atoms. The maximum atomic E-state index is 11.8. The van der Waals surface area contributed by atoms with Crippen LogP contribution in [0.3, 0.4) is 0 Å². The van der Waals surface area contributed by atoms with Crippen LogP contribution < -0.4 is 11.1 Å². The Bertz CT molecular complexity index is 465. The van der Waals surface area contributed by atoms with E-state index in [9.17, 15) is 4.79 Å². The van der Waals surface area contributed by atoms with Crippen molar-refractivity contribution in [2.75, 3.05) is 20.1 Å². The predicted molar refractivity (Wildman–Crippen MR) is 83.8 cm³/mol. The number of hydrogen-bond acceptors (Lipinski definition) is 4. The Morgan fingerprint density at radius 3 is 2.86 bits per heavy atom. The molecule has 116 valence electrons. The van der Waals surface area contributed by atoms with E-state index in [0.29, 0.717) is 6.04 Å². The number of carbonyl (C=O) groups is 1. The zero-order chi connectivity index (χ0) is 15.3. The van der Waals surface area contributed by atoms with Gasteiger partial charge in [-0.25, -0.2) is 0 Å².